The fraction of sp³-hybridized carbons (Fsp3) is 0.667. The molecule has 0 radical (unpaired) electrons. The largest absolute Gasteiger partial charge is 0.504 e. The number of aliphatic carboxylic acids is 1. The highest BCUT2D eigenvalue weighted by Gasteiger charge is 2.56. The van der Waals surface area contributed by atoms with Crippen molar-refractivity contribution in [3.05, 3.63) is 23.3 Å². The van der Waals surface area contributed by atoms with Crippen LogP contribution in [0.4, 0.5) is 0 Å². The maximum Gasteiger partial charge on any atom is 0.303 e. The number of likely N-dealkylation sites (N-methyl/N-ethyl adjacent to an activating group) is 1. The van der Waals surface area contributed by atoms with Crippen LogP contribution in [-0.4, -0.2) is 63.3 Å². The Bertz CT molecular complexity index is 851. The lowest BCUT2D eigenvalue weighted by molar-refractivity contribution is -0.155. The van der Waals surface area contributed by atoms with E-state index in [1.807, 2.05) is 6.07 Å². The van der Waals surface area contributed by atoms with E-state index in [1.165, 1.54) is 18.9 Å². The Morgan fingerprint density at radius 3 is 2.71 bits per heavy atom. The Morgan fingerprint density at radius 2 is 2.03 bits per heavy atom. The highest BCUT2D eigenvalue weighted by atomic mass is 16.5. The summed E-state index contributed by atoms with van der Waals surface area (Å²) in [5, 5.41) is 30.0. The van der Waals surface area contributed by atoms with Crippen LogP contribution in [0.5, 0.6) is 11.5 Å². The molecule has 2 saturated carbocycles. The molecule has 3 aliphatic carbocycles. The Morgan fingerprint density at radius 1 is 1.26 bits per heavy atom. The van der Waals surface area contributed by atoms with E-state index in [1.54, 1.807) is 0 Å². The summed E-state index contributed by atoms with van der Waals surface area (Å²) < 4.78 is 6.57. The zero-order valence-corrected chi connectivity index (χ0v) is 18.2. The predicted octanol–water partition coefficient (Wildman–Crippen LogP) is 3.21. The predicted molar refractivity (Wildman–Crippen MR) is 114 cm³/mol. The topological polar surface area (TPSA) is 107 Å². The number of aromatic hydroxyl groups is 2. The third kappa shape index (κ3) is 4.30. The van der Waals surface area contributed by atoms with Gasteiger partial charge in [-0.25, -0.2) is 0 Å². The number of carbonyl (C=O) groups is 2. The van der Waals surface area contributed by atoms with Gasteiger partial charge >= 0.3 is 5.97 Å². The molecule has 1 aromatic carbocycles. The number of ether oxygens (including phenoxy) is 1. The van der Waals surface area contributed by atoms with Gasteiger partial charge in [0.15, 0.2) is 11.5 Å². The number of ketones is 1. The minimum atomic E-state index is -0.853. The quantitative estimate of drug-likeness (QED) is 0.407. The first-order valence-electron chi connectivity index (χ1n) is 11.5. The van der Waals surface area contributed by atoms with E-state index in [0.717, 1.165) is 18.7 Å². The first-order chi connectivity index (χ1) is 14.9. The molecule has 0 saturated heterocycles. The van der Waals surface area contributed by atoms with Gasteiger partial charge in [0.25, 0.3) is 0 Å². The second-order valence-electron chi connectivity index (χ2n) is 9.35. The molecule has 0 aromatic heterocycles. The van der Waals surface area contributed by atoms with Crippen LogP contribution in [0.3, 0.4) is 0 Å². The van der Waals surface area contributed by atoms with Crippen LogP contribution < -0.4 is 0 Å². The number of Topliss-reactive ketones (excluding diaryl/α,β-unsaturated/α-hetero) is 1. The van der Waals surface area contributed by atoms with Crippen LogP contribution in [-0.2, 0) is 20.7 Å². The van der Waals surface area contributed by atoms with E-state index in [-0.39, 0.29) is 42.1 Å². The number of hydrogen-bond acceptors (Lipinski definition) is 6. The van der Waals surface area contributed by atoms with Gasteiger partial charge in [0.05, 0.1) is 5.60 Å². The molecule has 7 nitrogen and oxygen atoms in total. The number of rotatable bonds is 9. The fourth-order valence-corrected chi connectivity index (χ4v) is 5.64. The highest BCUT2D eigenvalue weighted by Crippen LogP contribution is 2.55. The molecule has 3 N–H and O–H groups in total. The second-order valence-corrected chi connectivity index (χ2v) is 9.35. The van der Waals surface area contributed by atoms with E-state index in [4.69, 9.17) is 9.84 Å². The number of phenolic OH excluding ortho intramolecular Hbond substituents is 2. The lowest BCUT2D eigenvalue weighted by atomic mass is 9.61. The number of carboxylic acids is 1. The molecule has 0 amide bonds. The van der Waals surface area contributed by atoms with Crippen molar-refractivity contribution in [3.8, 4) is 11.5 Å². The van der Waals surface area contributed by atoms with Crippen molar-refractivity contribution in [2.45, 2.75) is 75.9 Å². The maximum atomic E-state index is 12.5. The number of hydrogen-bond donors (Lipinski definition) is 3. The molecule has 0 spiro atoms. The summed E-state index contributed by atoms with van der Waals surface area (Å²) in [6.45, 7) is 4.29. The summed E-state index contributed by atoms with van der Waals surface area (Å²) in [4.78, 5) is 26.0. The molecule has 170 valence electrons. The summed E-state index contributed by atoms with van der Waals surface area (Å²) in [6.07, 6.45) is 4.82. The Labute approximate surface area is 183 Å². The van der Waals surface area contributed by atoms with Crippen molar-refractivity contribution in [1.29, 1.82) is 0 Å². The van der Waals surface area contributed by atoms with Crippen molar-refractivity contribution < 1.29 is 29.6 Å². The van der Waals surface area contributed by atoms with Gasteiger partial charge in [-0.05, 0) is 56.2 Å². The zero-order chi connectivity index (χ0) is 22.2. The standard InChI is InChI=1S/C24H33NO6/c1-2-25(14-15-5-6-15)20-12-16-7-8-19(27)23(30)22(16)18-13-17(26)9-10-24(18,20)31-11-3-4-21(28)29/h7-8,15,18,20,27,30H,2-6,9-14H2,1H3,(H,28,29)/t18?,20-,24+/m1/s1. The van der Waals surface area contributed by atoms with Crippen molar-refractivity contribution in [3.63, 3.8) is 0 Å². The van der Waals surface area contributed by atoms with Crippen molar-refractivity contribution in [2.24, 2.45) is 5.92 Å². The van der Waals surface area contributed by atoms with Crippen LogP contribution in [0.1, 0.15) is 68.9 Å². The molecule has 4 rings (SSSR count). The third-order valence-electron chi connectivity index (χ3n) is 7.37. The Balaban J connectivity index is 1.75. The number of benzene rings is 1. The molecule has 0 bridgehead atoms. The lowest BCUT2D eigenvalue weighted by Crippen LogP contribution is -2.62. The van der Waals surface area contributed by atoms with Crippen LogP contribution in [0.15, 0.2) is 12.1 Å². The summed E-state index contributed by atoms with van der Waals surface area (Å²) in [6, 6.07) is 3.42. The van der Waals surface area contributed by atoms with Crippen LogP contribution >= 0.6 is 0 Å². The van der Waals surface area contributed by atoms with E-state index >= 15 is 0 Å². The summed E-state index contributed by atoms with van der Waals surface area (Å²) in [7, 11) is 0. The van der Waals surface area contributed by atoms with Crippen LogP contribution in [0, 0.1) is 5.92 Å². The molecule has 7 heteroatoms. The fourth-order valence-electron chi connectivity index (χ4n) is 5.64. The van der Waals surface area contributed by atoms with Crippen molar-refractivity contribution >= 4 is 11.8 Å². The monoisotopic (exact) mass is 431 g/mol. The number of carbonyl (C=O) groups excluding carboxylic acids is 1. The molecule has 3 atom stereocenters. The van der Waals surface area contributed by atoms with Gasteiger partial charge in [0.2, 0.25) is 0 Å². The normalized spacial score (nSPS) is 27.7. The van der Waals surface area contributed by atoms with Crippen molar-refractivity contribution in [2.75, 3.05) is 19.7 Å². The summed E-state index contributed by atoms with van der Waals surface area (Å²) >= 11 is 0. The molecule has 0 aliphatic heterocycles. The lowest BCUT2D eigenvalue weighted by Gasteiger charge is -2.55. The summed E-state index contributed by atoms with van der Waals surface area (Å²) in [5.74, 6) is -0.711. The van der Waals surface area contributed by atoms with E-state index in [0.29, 0.717) is 43.8 Å². The first-order valence-corrected chi connectivity index (χ1v) is 11.5. The first kappa shape index (κ1) is 22.1. The molecular weight excluding hydrogens is 398 g/mol. The molecule has 31 heavy (non-hydrogen) atoms. The summed E-state index contributed by atoms with van der Waals surface area (Å²) in [5.41, 5.74) is 0.902. The van der Waals surface area contributed by atoms with Gasteiger partial charge in [-0.2, -0.15) is 0 Å². The van der Waals surface area contributed by atoms with Crippen LogP contribution in [0.25, 0.3) is 0 Å². The average molecular weight is 432 g/mol. The molecule has 1 unspecified atom stereocenters. The van der Waals surface area contributed by atoms with E-state index < -0.39 is 11.6 Å². The average Bonchev–Trinajstić information content (AvgIpc) is 3.56. The highest BCUT2D eigenvalue weighted by molar-refractivity contribution is 5.81. The minimum Gasteiger partial charge on any atom is -0.504 e. The maximum absolute atomic E-state index is 12.5. The van der Waals surface area contributed by atoms with Crippen molar-refractivity contribution in [1.82, 2.24) is 4.90 Å². The second kappa shape index (κ2) is 8.79. The number of fused-ring (bicyclic) bond motifs is 3. The van der Waals surface area contributed by atoms with Gasteiger partial charge in [-0.1, -0.05) is 13.0 Å². The van der Waals surface area contributed by atoms with Gasteiger partial charge in [0.1, 0.15) is 5.78 Å². The van der Waals surface area contributed by atoms with Gasteiger partial charge in [0, 0.05) is 49.9 Å². The SMILES string of the molecule is CCN(CC1CC1)[C@@H]1Cc2ccc(O)c(O)c2C2CC(=O)CC[C@]21OCCCC(=O)O. The third-order valence-corrected chi connectivity index (χ3v) is 7.37. The number of nitrogens with zero attached hydrogens (tertiary/aromatic N) is 1. The van der Waals surface area contributed by atoms with E-state index in [2.05, 4.69) is 11.8 Å². The molecular formula is C24H33NO6. The Hall–Kier alpha value is -2.12. The number of phenols is 2. The van der Waals surface area contributed by atoms with Gasteiger partial charge in [-0.15, -0.1) is 0 Å². The van der Waals surface area contributed by atoms with Gasteiger partial charge in [-0.3, -0.25) is 14.5 Å². The van der Waals surface area contributed by atoms with E-state index in [9.17, 15) is 19.8 Å². The number of carboxylic acid groups (broad SMARTS) is 1. The Kier molecular flexibility index (Phi) is 6.26. The van der Waals surface area contributed by atoms with Gasteiger partial charge < -0.3 is 20.1 Å². The molecule has 2 fully saturated rings. The molecule has 1 aromatic rings. The zero-order valence-electron chi connectivity index (χ0n) is 18.2. The minimum absolute atomic E-state index is 0.0343. The van der Waals surface area contributed by atoms with Crippen LogP contribution in [0.2, 0.25) is 0 Å². The molecule has 0 heterocycles. The molecule has 3 aliphatic rings. The smallest absolute Gasteiger partial charge is 0.303 e.